The van der Waals surface area contributed by atoms with E-state index in [2.05, 4.69) is 12.2 Å². The standard InChI is InChI=1S/C14H14O3/c15-13-11-7-4-8(12(11)14(16)17-13)10-6-2-1-5(3-6)9(7)10/h1-2,5-12H,3-4H2/p+1. The minimum Gasteiger partial charge on any atom is -0.338 e. The Hall–Kier alpha value is -1.12. The average molecular weight is 231 g/mol. The van der Waals surface area contributed by atoms with Crippen LogP contribution in [-0.2, 0) is 9.53 Å². The molecular formula is C14H15O3+. The molecular weight excluding hydrogens is 216 g/mol. The summed E-state index contributed by atoms with van der Waals surface area (Å²) in [6.45, 7) is 0. The molecule has 0 amide bonds. The number of hydrogen-bond acceptors (Lipinski definition) is 2. The molecule has 0 aromatic carbocycles. The van der Waals surface area contributed by atoms with E-state index in [1.54, 1.807) is 0 Å². The minimum absolute atomic E-state index is 0.0194. The molecule has 5 rings (SSSR count). The van der Waals surface area contributed by atoms with Gasteiger partial charge in [-0.1, -0.05) is 12.2 Å². The van der Waals surface area contributed by atoms with Gasteiger partial charge in [0.15, 0.2) is 0 Å². The minimum atomic E-state index is -0.162. The molecule has 3 nitrogen and oxygen atoms in total. The van der Waals surface area contributed by atoms with Gasteiger partial charge in [0.2, 0.25) is 0 Å². The van der Waals surface area contributed by atoms with Gasteiger partial charge in [0.05, 0.1) is 0 Å². The smallest absolute Gasteiger partial charge is 0.338 e. The van der Waals surface area contributed by atoms with Crippen LogP contribution >= 0.6 is 0 Å². The Kier molecular flexibility index (Phi) is 1.31. The van der Waals surface area contributed by atoms with Gasteiger partial charge in [-0.25, -0.2) is 9.53 Å². The van der Waals surface area contributed by atoms with Gasteiger partial charge in [0, 0.05) is 0 Å². The van der Waals surface area contributed by atoms with Crippen LogP contribution in [0.3, 0.4) is 0 Å². The third-order valence-electron chi connectivity index (χ3n) is 6.19. The molecule has 8 unspecified atom stereocenters. The first-order valence-electron chi connectivity index (χ1n) is 6.71. The number of rotatable bonds is 0. The van der Waals surface area contributed by atoms with Gasteiger partial charge >= 0.3 is 11.9 Å². The molecule has 4 aliphatic carbocycles. The number of cyclic esters (lactones) is 2. The number of carbonyl (C=O) groups is 1. The summed E-state index contributed by atoms with van der Waals surface area (Å²) in [5.41, 5.74) is 0. The molecule has 5 aliphatic rings. The lowest BCUT2D eigenvalue weighted by Gasteiger charge is -2.34. The first kappa shape index (κ1) is 8.90. The van der Waals surface area contributed by atoms with Gasteiger partial charge in [0.1, 0.15) is 11.8 Å². The van der Waals surface area contributed by atoms with E-state index in [4.69, 9.17) is 4.74 Å². The SMILES string of the molecule is O=C1OC(=[OH+])C2C3CC(C12)C1C2C=CC(C2)C31. The molecule has 8 atom stereocenters. The summed E-state index contributed by atoms with van der Waals surface area (Å²) in [6, 6.07) is 0. The summed E-state index contributed by atoms with van der Waals surface area (Å²) in [5.74, 6) is 3.69. The summed E-state index contributed by atoms with van der Waals surface area (Å²) < 4.78 is 4.98. The van der Waals surface area contributed by atoms with Crippen LogP contribution in [-0.4, -0.2) is 16.7 Å². The highest BCUT2D eigenvalue weighted by molar-refractivity contribution is 5.98. The van der Waals surface area contributed by atoms with E-state index >= 15 is 0 Å². The molecule has 1 N–H and O–H groups in total. The Bertz CT molecular complexity index is 440. The van der Waals surface area contributed by atoms with E-state index in [9.17, 15) is 9.59 Å². The summed E-state index contributed by atoms with van der Waals surface area (Å²) in [6.07, 6.45) is 7.16. The van der Waals surface area contributed by atoms with Crippen molar-refractivity contribution in [2.75, 3.05) is 0 Å². The van der Waals surface area contributed by atoms with Crippen molar-refractivity contribution in [2.45, 2.75) is 12.8 Å². The fourth-order valence-corrected chi connectivity index (χ4v) is 5.93. The van der Waals surface area contributed by atoms with E-state index < -0.39 is 0 Å². The van der Waals surface area contributed by atoms with Crippen LogP contribution in [0.4, 0.5) is 0 Å². The van der Waals surface area contributed by atoms with Crippen LogP contribution in [0.15, 0.2) is 12.2 Å². The summed E-state index contributed by atoms with van der Waals surface area (Å²) in [7, 11) is 0. The van der Waals surface area contributed by atoms with E-state index in [-0.39, 0.29) is 23.8 Å². The normalized spacial score (nSPS) is 60.9. The van der Waals surface area contributed by atoms with Crippen molar-refractivity contribution in [1.82, 2.24) is 0 Å². The van der Waals surface area contributed by atoms with Crippen LogP contribution in [0.1, 0.15) is 12.8 Å². The number of esters is 2. The van der Waals surface area contributed by atoms with Gasteiger partial charge in [-0.2, -0.15) is 0 Å². The Morgan fingerprint density at radius 2 is 1.71 bits per heavy atom. The highest BCUT2D eigenvalue weighted by Crippen LogP contribution is 2.69. The molecule has 0 radical (unpaired) electrons. The van der Waals surface area contributed by atoms with E-state index in [0.29, 0.717) is 35.5 Å². The van der Waals surface area contributed by atoms with Crippen molar-refractivity contribution in [3.63, 3.8) is 0 Å². The Morgan fingerprint density at radius 1 is 1.06 bits per heavy atom. The van der Waals surface area contributed by atoms with Crippen molar-refractivity contribution < 1.29 is 14.3 Å². The summed E-state index contributed by atoms with van der Waals surface area (Å²) >= 11 is 0. The number of allylic oxidation sites excluding steroid dienone is 2. The largest absolute Gasteiger partial charge is 0.495 e. The maximum absolute atomic E-state index is 11.8. The number of hydrogen-bond donors (Lipinski definition) is 0. The lowest BCUT2D eigenvalue weighted by molar-refractivity contribution is -0.139. The van der Waals surface area contributed by atoms with Crippen molar-refractivity contribution in [1.29, 1.82) is 0 Å². The first-order chi connectivity index (χ1) is 8.25. The third-order valence-corrected chi connectivity index (χ3v) is 6.19. The number of fused-ring (bicyclic) bond motifs is 12. The van der Waals surface area contributed by atoms with E-state index in [0.717, 1.165) is 6.42 Å². The molecule has 17 heavy (non-hydrogen) atoms. The molecule has 4 fully saturated rings. The van der Waals surface area contributed by atoms with Crippen molar-refractivity contribution in [3.05, 3.63) is 12.2 Å². The second-order valence-corrected chi connectivity index (χ2v) is 6.48. The van der Waals surface area contributed by atoms with E-state index in [1.807, 2.05) is 0 Å². The third kappa shape index (κ3) is 0.791. The monoisotopic (exact) mass is 231 g/mol. The highest BCUT2D eigenvalue weighted by Gasteiger charge is 2.73. The average Bonchev–Trinajstić information content (AvgIpc) is 3.03. The summed E-state index contributed by atoms with van der Waals surface area (Å²) in [4.78, 5) is 21.7. The second kappa shape index (κ2) is 2.50. The van der Waals surface area contributed by atoms with Crippen LogP contribution in [0.25, 0.3) is 0 Å². The molecule has 88 valence electrons. The molecule has 1 heterocycles. The molecule has 4 bridgehead atoms. The predicted octanol–water partition coefficient (Wildman–Crippen LogP) is 1.37. The zero-order chi connectivity index (χ0) is 11.3. The van der Waals surface area contributed by atoms with Crippen LogP contribution in [0.2, 0.25) is 0 Å². The van der Waals surface area contributed by atoms with Crippen molar-refractivity contribution in [2.24, 2.45) is 47.3 Å². The fourth-order valence-electron chi connectivity index (χ4n) is 5.93. The van der Waals surface area contributed by atoms with Gasteiger partial charge in [0.25, 0.3) is 0 Å². The van der Waals surface area contributed by atoms with Gasteiger partial charge in [-0.15, -0.1) is 0 Å². The molecule has 0 aromatic heterocycles. The zero-order valence-corrected chi connectivity index (χ0v) is 9.45. The van der Waals surface area contributed by atoms with Crippen molar-refractivity contribution >= 4 is 11.9 Å². The van der Waals surface area contributed by atoms with Crippen LogP contribution in [0, 0.1) is 47.3 Å². The Balaban J connectivity index is 1.64. The highest BCUT2D eigenvalue weighted by atomic mass is 16.6. The fraction of sp³-hybridized carbons (Fsp3) is 0.714. The summed E-state index contributed by atoms with van der Waals surface area (Å²) in [5, 5.41) is 0. The van der Waals surface area contributed by atoms with Crippen LogP contribution < -0.4 is 0 Å². The Morgan fingerprint density at radius 3 is 2.41 bits per heavy atom. The molecule has 3 heteroatoms. The maximum Gasteiger partial charge on any atom is 0.495 e. The first-order valence-corrected chi connectivity index (χ1v) is 6.71. The molecule has 1 saturated heterocycles. The topological polar surface area (TPSA) is 47.7 Å². The van der Waals surface area contributed by atoms with Gasteiger partial charge < -0.3 is 4.79 Å². The van der Waals surface area contributed by atoms with Crippen molar-refractivity contribution in [3.8, 4) is 0 Å². The second-order valence-electron chi connectivity index (χ2n) is 6.48. The van der Waals surface area contributed by atoms with Crippen LogP contribution in [0.5, 0.6) is 0 Å². The molecule has 1 aliphatic heterocycles. The number of carbonyl (C=O) groups excluding carboxylic acids is 2. The molecule has 3 saturated carbocycles. The lowest BCUT2D eigenvalue weighted by atomic mass is 9.65. The maximum atomic E-state index is 11.8. The quantitative estimate of drug-likeness (QED) is 0.208. The lowest BCUT2D eigenvalue weighted by Crippen LogP contribution is -2.38. The number of ether oxygens (including phenoxy) is 1. The van der Waals surface area contributed by atoms with Gasteiger partial charge in [-0.05, 0) is 48.3 Å². The zero-order valence-electron chi connectivity index (χ0n) is 9.45. The Labute approximate surface area is 99.2 Å². The predicted molar refractivity (Wildman–Crippen MR) is 59.3 cm³/mol. The molecule has 0 aromatic rings. The molecule has 0 spiro atoms. The van der Waals surface area contributed by atoms with Gasteiger partial charge in [-0.3, -0.25) is 0 Å². The van der Waals surface area contributed by atoms with E-state index in [1.165, 1.54) is 6.42 Å².